The highest BCUT2D eigenvalue weighted by atomic mass is 16.6. The van der Waals surface area contributed by atoms with Crippen LogP contribution in [0, 0.1) is 0 Å². The molecule has 106 valence electrons. The van der Waals surface area contributed by atoms with Crippen LogP contribution in [0.5, 0.6) is 0 Å². The maximum atomic E-state index is 12.1. The monoisotopic (exact) mass is 267 g/mol. The number of carbonyl (C=O) groups is 1. The van der Waals surface area contributed by atoms with E-state index in [4.69, 9.17) is 4.74 Å². The Morgan fingerprint density at radius 2 is 2.11 bits per heavy atom. The van der Waals surface area contributed by atoms with Gasteiger partial charge in [0.25, 0.3) is 0 Å². The van der Waals surface area contributed by atoms with Gasteiger partial charge in [0.1, 0.15) is 11.3 Å². The van der Waals surface area contributed by atoms with E-state index in [0.29, 0.717) is 5.69 Å². The van der Waals surface area contributed by atoms with Crippen molar-refractivity contribution in [3.63, 3.8) is 0 Å². The molecule has 3 N–H and O–H groups in total. The lowest BCUT2D eigenvalue weighted by Crippen LogP contribution is -2.30. The van der Waals surface area contributed by atoms with E-state index in [0.717, 1.165) is 26.1 Å². The zero-order valence-electron chi connectivity index (χ0n) is 11.6. The SMILES string of the molecule is CC(C)(C)OC(=O)c1n[nH]nc1C1CNCCCN1. The number of rotatable bonds is 2. The molecule has 1 unspecified atom stereocenters. The molecule has 19 heavy (non-hydrogen) atoms. The van der Waals surface area contributed by atoms with Gasteiger partial charge in [0, 0.05) is 6.54 Å². The van der Waals surface area contributed by atoms with Crippen LogP contribution in [0.3, 0.4) is 0 Å². The van der Waals surface area contributed by atoms with Crippen LogP contribution in [0.1, 0.15) is 49.4 Å². The molecule has 0 aliphatic carbocycles. The predicted octanol–water partition coefficient (Wildman–Crippen LogP) is 0.384. The van der Waals surface area contributed by atoms with Gasteiger partial charge in [-0.2, -0.15) is 10.3 Å². The number of nitrogens with zero attached hydrogens (tertiary/aromatic N) is 2. The van der Waals surface area contributed by atoms with E-state index >= 15 is 0 Å². The molecule has 1 aromatic rings. The number of carbonyl (C=O) groups excluding carboxylic acids is 1. The zero-order valence-corrected chi connectivity index (χ0v) is 11.6. The summed E-state index contributed by atoms with van der Waals surface area (Å²) in [6.45, 7) is 8.06. The molecule has 0 amide bonds. The van der Waals surface area contributed by atoms with Gasteiger partial charge in [-0.05, 0) is 40.3 Å². The van der Waals surface area contributed by atoms with Crippen molar-refractivity contribution in [2.75, 3.05) is 19.6 Å². The topological polar surface area (TPSA) is 91.9 Å². The molecule has 7 heteroatoms. The lowest BCUT2D eigenvalue weighted by atomic mass is 10.1. The molecule has 0 radical (unpaired) electrons. The number of hydrogen-bond acceptors (Lipinski definition) is 6. The summed E-state index contributed by atoms with van der Waals surface area (Å²) < 4.78 is 5.34. The average Bonchev–Trinajstić information content (AvgIpc) is 2.63. The van der Waals surface area contributed by atoms with Gasteiger partial charge in [0.05, 0.1) is 6.04 Å². The Hall–Kier alpha value is -1.47. The van der Waals surface area contributed by atoms with Crippen molar-refractivity contribution >= 4 is 5.97 Å². The lowest BCUT2D eigenvalue weighted by Gasteiger charge is -2.20. The van der Waals surface area contributed by atoms with Crippen LogP contribution < -0.4 is 10.6 Å². The van der Waals surface area contributed by atoms with Crippen LogP contribution in [-0.4, -0.2) is 46.6 Å². The van der Waals surface area contributed by atoms with Crippen molar-refractivity contribution in [3.05, 3.63) is 11.4 Å². The first-order chi connectivity index (χ1) is 8.97. The Labute approximate surface area is 112 Å². The number of aromatic amines is 1. The summed E-state index contributed by atoms with van der Waals surface area (Å²) in [5, 5.41) is 17.2. The van der Waals surface area contributed by atoms with Crippen molar-refractivity contribution in [2.24, 2.45) is 0 Å². The Morgan fingerprint density at radius 1 is 1.32 bits per heavy atom. The van der Waals surface area contributed by atoms with E-state index < -0.39 is 11.6 Å². The molecule has 0 spiro atoms. The number of esters is 1. The Morgan fingerprint density at radius 3 is 2.84 bits per heavy atom. The first-order valence-electron chi connectivity index (χ1n) is 6.55. The summed E-state index contributed by atoms with van der Waals surface area (Å²) in [5.74, 6) is -0.442. The fourth-order valence-corrected chi connectivity index (χ4v) is 1.96. The summed E-state index contributed by atoms with van der Waals surface area (Å²) in [4.78, 5) is 12.1. The second-order valence-electron chi connectivity index (χ2n) is 5.62. The van der Waals surface area contributed by atoms with E-state index in [1.165, 1.54) is 0 Å². The van der Waals surface area contributed by atoms with Gasteiger partial charge in [-0.3, -0.25) is 0 Å². The first kappa shape index (κ1) is 14.0. The van der Waals surface area contributed by atoms with Gasteiger partial charge in [-0.1, -0.05) is 0 Å². The standard InChI is InChI=1S/C12H21N5O2/c1-12(2,3)19-11(18)10-9(15-17-16-10)8-7-13-5-4-6-14-8/h8,13-14H,4-7H2,1-3H3,(H,15,16,17). The lowest BCUT2D eigenvalue weighted by molar-refractivity contribution is 0.00608. The maximum absolute atomic E-state index is 12.1. The Balaban J connectivity index is 2.14. The second kappa shape index (κ2) is 5.66. The predicted molar refractivity (Wildman–Crippen MR) is 69.8 cm³/mol. The first-order valence-corrected chi connectivity index (χ1v) is 6.55. The van der Waals surface area contributed by atoms with Crippen molar-refractivity contribution in [1.29, 1.82) is 0 Å². The third-order valence-corrected chi connectivity index (χ3v) is 2.77. The normalized spacial score (nSPS) is 20.9. The summed E-state index contributed by atoms with van der Waals surface area (Å²) in [7, 11) is 0. The Kier molecular flexibility index (Phi) is 4.16. The van der Waals surface area contributed by atoms with Crippen LogP contribution in [0.4, 0.5) is 0 Å². The van der Waals surface area contributed by atoms with Gasteiger partial charge in [-0.25, -0.2) is 4.79 Å². The minimum atomic E-state index is -0.539. The molecule has 2 rings (SSSR count). The van der Waals surface area contributed by atoms with E-state index in [1.807, 2.05) is 20.8 Å². The van der Waals surface area contributed by atoms with Crippen LogP contribution >= 0.6 is 0 Å². The van der Waals surface area contributed by atoms with Crippen molar-refractivity contribution in [2.45, 2.75) is 38.8 Å². The van der Waals surface area contributed by atoms with Gasteiger partial charge < -0.3 is 15.4 Å². The summed E-state index contributed by atoms with van der Waals surface area (Å²) in [6, 6.07) is -0.0243. The quantitative estimate of drug-likeness (QED) is 0.671. The fourth-order valence-electron chi connectivity index (χ4n) is 1.96. The van der Waals surface area contributed by atoms with E-state index in [1.54, 1.807) is 0 Å². The molecular weight excluding hydrogens is 246 g/mol. The third kappa shape index (κ3) is 3.74. The second-order valence-corrected chi connectivity index (χ2v) is 5.62. The molecule has 0 saturated carbocycles. The summed E-state index contributed by atoms with van der Waals surface area (Å²) >= 11 is 0. The van der Waals surface area contributed by atoms with Gasteiger partial charge in [-0.15, -0.1) is 5.10 Å². The van der Waals surface area contributed by atoms with Crippen LogP contribution in [0.2, 0.25) is 0 Å². The van der Waals surface area contributed by atoms with Crippen molar-refractivity contribution in [1.82, 2.24) is 26.0 Å². The minimum absolute atomic E-state index is 0.0243. The largest absolute Gasteiger partial charge is 0.455 e. The van der Waals surface area contributed by atoms with Crippen LogP contribution in [0.25, 0.3) is 0 Å². The molecule has 0 aromatic carbocycles. The van der Waals surface area contributed by atoms with E-state index in [2.05, 4.69) is 26.0 Å². The van der Waals surface area contributed by atoms with Gasteiger partial charge in [0.15, 0.2) is 5.69 Å². The van der Waals surface area contributed by atoms with E-state index in [9.17, 15) is 4.79 Å². The third-order valence-electron chi connectivity index (χ3n) is 2.77. The van der Waals surface area contributed by atoms with Gasteiger partial charge >= 0.3 is 5.97 Å². The van der Waals surface area contributed by atoms with Crippen molar-refractivity contribution in [3.8, 4) is 0 Å². The summed E-state index contributed by atoms with van der Waals surface area (Å²) in [6.07, 6.45) is 1.05. The highest BCUT2D eigenvalue weighted by Crippen LogP contribution is 2.17. The molecule has 1 atom stereocenters. The zero-order chi connectivity index (χ0) is 13.9. The van der Waals surface area contributed by atoms with Gasteiger partial charge in [0.2, 0.25) is 0 Å². The summed E-state index contributed by atoms with van der Waals surface area (Å²) in [5.41, 5.74) is 0.336. The number of ether oxygens (including phenoxy) is 1. The molecule has 2 heterocycles. The van der Waals surface area contributed by atoms with E-state index in [-0.39, 0.29) is 11.7 Å². The Bertz CT molecular complexity index is 430. The average molecular weight is 267 g/mol. The smallest absolute Gasteiger partial charge is 0.361 e. The molecular formula is C12H21N5O2. The molecule has 1 saturated heterocycles. The number of H-pyrrole nitrogens is 1. The molecule has 7 nitrogen and oxygen atoms in total. The maximum Gasteiger partial charge on any atom is 0.361 e. The van der Waals surface area contributed by atoms with Crippen molar-refractivity contribution < 1.29 is 9.53 Å². The molecule has 0 bridgehead atoms. The van der Waals surface area contributed by atoms with Crippen LogP contribution in [-0.2, 0) is 4.74 Å². The highest BCUT2D eigenvalue weighted by Gasteiger charge is 2.28. The molecule has 1 aromatic heterocycles. The highest BCUT2D eigenvalue weighted by molar-refractivity contribution is 5.88. The molecule has 1 aliphatic heterocycles. The molecule has 1 fully saturated rings. The molecule has 1 aliphatic rings. The fraction of sp³-hybridized carbons (Fsp3) is 0.750. The number of nitrogens with one attached hydrogen (secondary N) is 3. The number of hydrogen-bond donors (Lipinski definition) is 3. The van der Waals surface area contributed by atoms with Crippen LogP contribution in [0.15, 0.2) is 0 Å². The minimum Gasteiger partial charge on any atom is -0.455 e. The number of aromatic nitrogens is 3.